The summed E-state index contributed by atoms with van der Waals surface area (Å²) >= 11 is 0. The molecule has 0 radical (unpaired) electrons. The van der Waals surface area contributed by atoms with Crippen LogP contribution in [0.4, 0.5) is 4.39 Å². The number of carboxylic acids is 1. The number of nitrogens with zero attached hydrogens (tertiary/aromatic N) is 1. The van der Waals surface area contributed by atoms with Crippen LogP contribution in [0.3, 0.4) is 0 Å². The molecule has 2 rings (SSSR count). The third-order valence-electron chi connectivity index (χ3n) is 3.26. The lowest BCUT2D eigenvalue weighted by molar-refractivity contribution is 0.0694. The second-order valence-electron chi connectivity index (χ2n) is 4.59. The highest BCUT2D eigenvalue weighted by Crippen LogP contribution is 2.21. The number of rotatable bonds is 3. The summed E-state index contributed by atoms with van der Waals surface area (Å²) in [5, 5.41) is 9.24. The molecule has 0 bridgehead atoms. The van der Waals surface area contributed by atoms with E-state index in [2.05, 4.69) is 0 Å². The lowest BCUT2D eigenvalue weighted by atomic mass is 10.1. The lowest BCUT2D eigenvalue weighted by Gasteiger charge is -2.14. The maximum absolute atomic E-state index is 13.8. The predicted molar refractivity (Wildman–Crippen MR) is 75.0 cm³/mol. The van der Waals surface area contributed by atoms with Crippen molar-refractivity contribution in [2.45, 2.75) is 13.8 Å². The number of carboxylic acid groups (broad SMARTS) is 1. The van der Waals surface area contributed by atoms with E-state index in [-0.39, 0.29) is 22.7 Å². The average Bonchev–Trinajstić information content (AvgIpc) is 2.37. The number of aryl methyl sites for hydroxylation is 1. The van der Waals surface area contributed by atoms with Gasteiger partial charge in [0.05, 0.1) is 18.4 Å². The summed E-state index contributed by atoms with van der Waals surface area (Å²) < 4.78 is 19.8. The number of methoxy groups -OCH3 is 1. The maximum Gasteiger partial charge on any atom is 0.337 e. The van der Waals surface area contributed by atoms with E-state index < -0.39 is 17.3 Å². The number of ether oxygens (including phenoxy) is 1. The first kappa shape index (κ1) is 14.8. The molecule has 0 spiro atoms. The third kappa shape index (κ3) is 2.52. The number of aromatic carboxylic acids is 1. The fourth-order valence-corrected chi connectivity index (χ4v) is 2.32. The van der Waals surface area contributed by atoms with Crippen molar-refractivity contribution in [2.24, 2.45) is 0 Å². The van der Waals surface area contributed by atoms with Crippen LogP contribution in [-0.2, 0) is 0 Å². The minimum atomic E-state index is -1.13. The van der Waals surface area contributed by atoms with Crippen LogP contribution in [0, 0.1) is 19.7 Å². The Morgan fingerprint density at radius 2 is 1.95 bits per heavy atom. The molecule has 0 aliphatic rings. The van der Waals surface area contributed by atoms with Crippen molar-refractivity contribution in [3.05, 3.63) is 57.3 Å². The van der Waals surface area contributed by atoms with Crippen LogP contribution in [0.2, 0.25) is 0 Å². The Bertz CT molecular complexity index is 780. The smallest absolute Gasteiger partial charge is 0.337 e. The van der Waals surface area contributed by atoms with Crippen molar-refractivity contribution in [1.29, 1.82) is 0 Å². The summed E-state index contributed by atoms with van der Waals surface area (Å²) in [5.74, 6) is -1.71. The Labute approximate surface area is 120 Å². The Morgan fingerprint density at radius 3 is 2.48 bits per heavy atom. The summed E-state index contributed by atoms with van der Waals surface area (Å²) in [6, 6.07) is 5.24. The highest BCUT2D eigenvalue weighted by atomic mass is 19.1. The van der Waals surface area contributed by atoms with Crippen molar-refractivity contribution in [3.8, 4) is 11.4 Å². The van der Waals surface area contributed by atoms with E-state index in [4.69, 9.17) is 4.74 Å². The van der Waals surface area contributed by atoms with Gasteiger partial charge in [-0.1, -0.05) is 0 Å². The molecule has 21 heavy (non-hydrogen) atoms. The number of aromatic nitrogens is 1. The van der Waals surface area contributed by atoms with Gasteiger partial charge in [0.2, 0.25) is 0 Å². The average molecular weight is 291 g/mol. The third-order valence-corrected chi connectivity index (χ3v) is 3.26. The number of halogens is 1. The van der Waals surface area contributed by atoms with Gasteiger partial charge in [0.25, 0.3) is 5.56 Å². The summed E-state index contributed by atoms with van der Waals surface area (Å²) in [6.45, 7) is 3.07. The molecule has 6 heteroatoms. The molecule has 0 aliphatic carbocycles. The zero-order chi connectivity index (χ0) is 15.7. The largest absolute Gasteiger partial charge is 0.494 e. The van der Waals surface area contributed by atoms with Crippen molar-refractivity contribution in [3.63, 3.8) is 0 Å². The lowest BCUT2D eigenvalue weighted by Crippen LogP contribution is -2.24. The minimum Gasteiger partial charge on any atom is -0.494 e. The normalized spacial score (nSPS) is 10.5. The number of pyridine rings is 1. The zero-order valence-corrected chi connectivity index (χ0v) is 11.8. The summed E-state index contributed by atoms with van der Waals surface area (Å²) in [5.41, 5.74) is 0.482. The Morgan fingerprint density at radius 1 is 1.29 bits per heavy atom. The van der Waals surface area contributed by atoms with Crippen LogP contribution < -0.4 is 10.3 Å². The molecule has 1 aromatic carbocycles. The van der Waals surface area contributed by atoms with Gasteiger partial charge >= 0.3 is 5.97 Å². The van der Waals surface area contributed by atoms with Gasteiger partial charge < -0.3 is 9.84 Å². The SMILES string of the molecule is COc1ccc(-n2c(C)c(C(=O)O)c(C)cc2=O)cc1F. The van der Waals surface area contributed by atoms with Gasteiger partial charge in [0.15, 0.2) is 11.6 Å². The number of hydrogen-bond donors (Lipinski definition) is 1. The number of benzene rings is 1. The van der Waals surface area contributed by atoms with Crippen molar-refractivity contribution < 1.29 is 19.0 Å². The van der Waals surface area contributed by atoms with Gasteiger partial charge in [0, 0.05) is 17.8 Å². The summed E-state index contributed by atoms with van der Waals surface area (Å²) in [7, 11) is 1.34. The molecule has 1 N–H and O–H groups in total. The van der Waals surface area contributed by atoms with Crippen molar-refractivity contribution in [1.82, 2.24) is 4.57 Å². The van der Waals surface area contributed by atoms with E-state index in [0.29, 0.717) is 5.56 Å². The van der Waals surface area contributed by atoms with E-state index >= 15 is 0 Å². The second kappa shape index (κ2) is 5.40. The number of carbonyl (C=O) groups is 1. The van der Waals surface area contributed by atoms with Crippen LogP contribution in [0.1, 0.15) is 21.6 Å². The Balaban J connectivity index is 2.75. The van der Waals surface area contributed by atoms with Crippen LogP contribution in [0.5, 0.6) is 5.75 Å². The van der Waals surface area contributed by atoms with Crippen molar-refractivity contribution in [2.75, 3.05) is 7.11 Å². The predicted octanol–water partition coefficient (Wildman–Crippen LogP) is 2.30. The van der Waals surface area contributed by atoms with Gasteiger partial charge in [-0.05, 0) is 31.5 Å². The first-order valence-corrected chi connectivity index (χ1v) is 6.17. The molecule has 0 amide bonds. The first-order chi connectivity index (χ1) is 9.86. The van der Waals surface area contributed by atoms with Gasteiger partial charge in [-0.25, -0.2) is 9.18 Å². The van der Waals surface area contributed by atoms with Gasteiger partial charge in [-0.15, -0.1) is 0 Å². The van der Waals surface area contributed by atoms with Gasteiger partial charge in [-0.3, -0.25) is 9.36 Å². The van der Waals surface area contributed by atoms with E-state index in [1.54, 1.807) is 6.92 Å². The molecular weight excluding hydrogens is 277 g/mol. The zero-order valence-electron chi connectivity index (χ0n) is 11.8. The number of hydrogen-bond acceptors (Lipinski definition) is 3. The highest BCUT2D eigenvalue weighted by Gasteiger charge is 2.17. The molecule has 0 aliphatic heterocycles. The van der Waals surface area contributed by atoms with Gasteiger partial charge in [0.1, 0.15) is 0 Å². The van der Waals surface area contributed by atoms with E-state index in [9.17, 15) is 19.1 Å². The molecule has 0 atom stereocenters. The minimum absolute atomic E-state index is 0.0332. The molecule has 0 fully saturated rings. The molecule has 1 heterocycles. The fraction of sp³-hybridized carbons (Fsp3) is 0.200. The molecule has 2 aromatic rings. The monoisotopic (exact) mass is 291 g/mol. The molecule has 0 saturated heterocycles. The Kier molecular flexibility index (Phi) is 3.80. The van der Waals surface area contributed by atoms with E-state index in [1.165, 1.54) is 36.8 Å². The van der Waals surface area contributed by atoms with Crippen LogP contribution in [0.25, 0.3) is 5.69 Å². The first-order valence-electron chi connectivity index (χ1n) is 6.17. The quantitative estimate of drug-likeness (QED) is 0.942. The topological polar surface area (TPSA) is 68.5 Å². The standard InChI is InChI=1S/C15H14FNO4/c1-8-6-13(18)17(9(2)14(8)15(19)20)10-4-5-12(21-3)11(16)7-10/h4-7H,1-3H3,(H,19,20). The van der Waals surface area contributed by atoms with Crippen LogP contribution in [-0.4, -0.2) is 22.8 Å². The molecule has 1 aromatic heterocycles. The second-order valence-corrected chi connectivity index (χ2v) is 4.59. The summed E-state index contributed by atoms with van der Waals surface area (Å²) in [6.07, 6.45) is 0. The van der Waals surface area contributed by atoms with E-state index in [0.717, 1.165) is 6.07 Å². The molecule has 5 nitrogen and oxygen atoms in total. The van der Waals surface area contributed by atoms with E-state index in [1.807, 2.05) is 0 Å². The van der Waals surface area contributed by atoms with Crippen LogP contribution >= 0.6 is 0 Å². The molecule has 0 saturated carbocycles. The maximum atomic E-state index is 13.8. The Hall–Kier alpha value is -2.63. The molecule has 110 valence electrons. The molecule has 0 unspecified atom stereocenters. The van der Waals surface area contributed by atoms with Crippen LogP contribution in [0.15, 0.2) is 29.1 Å². The molecular formula is C15H14FNO4. The van der Waals surface area contributed by atoms with Gasteiger partial charge in [-0.2, -0.15) is 0 Å². The highest BCUT2D eigenvalue weighted by molar-refractivity contribution is 5.90. The summed E-state index contributed by atoms with van der Waals surface area (Å²) in [4.78, 5) is 23.4. The van der Waals surface area contributed by atoms with Crippen molar-refractivity contribution >= 4 is 5.97 Å². The fourth-order valence-electron chi connectivity index (χ4n) is 2.32.